The molecule has 22 heavy (non-hydrogen) atoms. The van der Waals surface area contributed by atoms with E-state index in [0.717, 1.165) is 10.3 Å². The third-order valence-corrected chi connectivity index (χ3v) is 3.18. The smallest absolute Gasteiger partial charge is 0.369 e. The van der Waals surface area contributed by atoms with Crippen LogP contribution < -0.4 is 16.1 Å². The summed E-state index contributed by atoms with van der Waals surface area (Å²) in [6.45, 7) is 0.148. The molecule has 0 N–H and O–H groups in total. The Morgan fingerprint density at radius 1 is 0.818 bits per heavy atom. The Labute approximate surface area is 126 Å². The average molecular weight is 294 g/mol. The zero-order valence-electron chi connectivity index (χ0n) is 11.8. The van der Waals surface area contributed by atoms with Crippen LogP contribution in [-0.2, 0) is 6.61 Å². The van der Waals surface area contributed by atoms with Crippen molar-refractivity contribution in [2.75, 3.05) is 0 Å². The summed E-state index contributed by atoms with van der Waals surface area (Å²) in [6, 6.07) is 19.7. The lowest BCUT2D eigenvalue weighted by Gasteiger charge is -2.10. The average Bonchev–Trinajstić information content (AvgIpc) is 2.56. The molecule has 2 aromatic carbocycles. The van der Waals surface area contributed by atoms with Gasteiger partial charge in [-0.15, -0.1) is 0 Å². The third kappa shape index (κ3) is 2.83. The molecule has 5 heteroatoms. The molecular weight excluding hydrogens is 280 g/mol. The van der Waals surface area contributed by atoms with E-state index in [2.05, 4.69) is 0 Å². The van der Waals surface area contributed by atoms with Gasteiger partial charge in [0.15, 0.2) is 0 Å². The van der Waals surface area contributed by atoms with Crippen molar-refractivity contribution in [3.8, 4) is 5.69 Å². The lowest BCUT2D eigenvalue weighted by Crippen LogP contribution is -2.42. The maximum absolute atomic E-state index is 12.4. The van der Waals surface area contributed by atoms with E-state index < -0.39 is 11.2 Å². The Morgan fingerprint density at radius 2 is 1.45 bits per heavy atom. The van der Waals surface area contributed by atoms with Crippen LogP contribution in [-0.4, -0.2) is 9.30 Å². The number of hydrogen-bond donors (Lipinski definition) is 0. The van der Waals surface area contributed by atoms with Gasteiger partial charge in [-0.1, -0.05) is 53.3 Å². The van der Waals surface area contributed by atoms with Gasteiger partial charge in [0.25, 0.3) is 5.56 Å². The fourth-order valence-corrected chi connectivity index (χ4v) is 2.08. The van der Waals surface area contributed by atoms with Crippen LogP contribution >= 0.6 is 0 Å². The van der Waals surface area contributed by atoms with Crippen LogP contribution in [0.2, 0.25) is 0 Å². The molecule has 0 amide bonds. The summed E-state index contributed by atoms with van der Waals surface area (Å²) in [7, 11) is 0. The van der Waals surface area contributed by atoms with E-state index in [9.17, 15) is 9.59 Å². The van der Waals surface area contributed by atoms with Gasteiger partial charge in [-0.05, 0) is 17.7 Å². The molecule has 0 spiro atoms. The fraction of sp³-hybridized carbons (Fsp3) is 0.0588. The Kier molecular flexibility index (Phi) is 3.87. The molecule has 0 atom stereocenters. The highest BCUT2D eigenvalue weighted by molar-refractivity contribution is 5.30. The molecule has 0 radical (unpaired) electrons. The minimum atomic E-state index is -0.533. The highest BCUT2D eigenvalue weighted by atomic mass is 16.7. The van der Waals surface area contributed by atoms with Crippen LogP contribution in [0.25, 0.3) is 5.69 Å². The van der Waals surface area contributed by atoms with Crippen molar-refractivity contribution in [2.45, 2.75) is 6.61 Å². The van der Waals surface area contributed by atoms with Crippen LogP contribution in [0.3, 0.4) is 0 Å². The number of hydrogen-bond acceptors (Lipinski definition) is 3. The van der Waals surface area contributed by atoms with Gasteiger partial charge in [0, 0.05) is 12.3 Å². The van der Waals surface area contributed by atoms with E-state index in [1.165, 1.54) is 16.8 Å². The molecule has 1 aromatic heterocycles. The van der Waals surface area contributed by atoms with Crippen LogP contribution in [0.15, 0.2) is 82.5 Å². The Balaban J connectivity index is 1.95. The maximum Gasteiger partial charge on any atom is 0.369 e. The Bertz CT molecular complexity index is 868. The molecule has 0 bridgehead atoms. The predicted molar refractivity (Wildman–Crippen MR) is 83.0 cm³/mol. The van der Waals surface area contributed by atoms with Crippen LogP contribution in [0, 0.1) is 0 Å². The molecule has 110 valence electrons. The van der Waals surface area contributed by atoms with Gasteiger partial charge in [-0.3, -0.25) is 9.36 Å². The first kappa shape index (κ1) is 13.9. The van der Waals surface area contributed by atoms with Crippen molar-refractivity contribution < 1.29 is 4.84 Å². The zero-order valence-corrected chi connectivity index (χ0v) is 11.8. The number of nitrogens with zero attached hydrogens (tertiary/aromatic N) is 2. The minimum Gasteiger partial charge on any atom is -0.401 e. The molecule has 3 aromatic rings. The first-order valence-electron chi connectivity index (χ1n) is 6.83. The zero-order chi connectivity index (χ0) is 15.4. The molecular formula is C17H14N2O3. The molecule has 1 heterocycles. The van der Waals surface area contributed by atoms with Gasteiger partial charge in [-0.25, -0.2) is 4.79 Å². The first-order chi connectivity index (χ1) is 10.8. The minimum absolute atomic E-state index is 0.148. The van der Waals surface area contributed by atoms with Crippen molar-refractivity contribution >= 4 is 0 Å². The van der Waals surface area contributed by atoms with Crippen molar-refractivity contribution in [3.05, 3.63) is 99.3 Å². The summed E-state index contributed by atoms with van der Waals surface area (Å²) in [5, 5.41) is 0. The Morgan fingerprint density at radius 3 is 2.14 bits per heavy atom. The molecule has 0 aliphatic heterocycles. The van der Waals surface area contributed by atoms with E-state index >= 15 is 0 Å². The van der Waals surface area contributed by atoms with Gasteiger partial charge in [0.2, 0.25) is 0 Å². The number of aromatic nitrogens is 2. The maximum atomic E-state index is 12.4. The Hall–Kier alpha value is -3.08. The standard InChI is InChI=1S/C17H14N2O3/c20-16-11-12-18(15-9-5-2-6-10-15)17(21)19(16)22-13-14-7-3-1-4-8-14/h1-12H,13H2. The quantitative estimate of drug-likeness (QED) is 0.735. The van der Waals surface area contributed by atoms with Crippen molar-refractivity contribution in [1.82, 2.24) is 9.30 Å². The fourth-order valence-electron chi connectivity index (χ4n) is 2.08. The van der Waals surface area contributed by atoms with Gasteiger partial charge >= 0.3 is 5.69 Å². The highest BCUT2D eigenvalue weighted by Crippen LogP contribution is 2.02. The molecule has 0 unspecified atom stereocenters. The summed E-state index contributed by atoms with van der Waals surface area (Å²) < 4.78 is 2.15. The largest absolute Gasteiger partial charge is 0.401 e. The molecule has 0 saturated carbocycles. The second-order valence-electron chi connectivity index (χ2n) is 4.70. The van der Waals surface area contributed by atoms with Crippen LogP contribution in [0.5, 0.6) is 0 Å². The molecule has 0 aliphatic carbocycles. The van der Waals surface area contributed by atoms with Gasteiger partial charge < -0.3 is 4.84 Å². The summed E-state index contributed by atoms with van der Waals surface area (Å²) in [5.74, 6) is 0. The summed E-state index contributed by atoms with van der Waals surface area (Å²) in [4.78, 5) is 29.7. The van der Waals surface area contributed by atoms with Crippen LogP contribution in [0.4, 0.5) is 0 Å². The lowest BCUT2D eigenvalue weighted by atomic mass is 10.2. The summed E-state index contributed by atoms with van der Waals surface area (Å²) in [6.07, 6.45) is 1.45. The summed E-state index contributed by atoms with van der Waals surface area (Å²) in [5.41, 5.74) is 0.524. The van der Waals surface area contributed by atoms with E-state index in [1.54, 1.807) is 12.1 Å². The van der Waals surface area contributed by atoms with Crippen LogP contribution in [0.1, 0.15) is 5.56 Å². The first-order valence-corrected chi connectivity index (χ1v) is 6.83. The van der Waals surface area contributed by atoms with Crippen molar-refractivity contribution in [1.29, 1.82) is 0 Å². The highest BCUT2D eigenvalue weighted by Gasteiger charge is 2.07. The van der Waals surface area contributed by atoms with E-state index in [1.807, 2.05) is 48.5 Å². The molecule has 0 saturated heterocycles. The van der Waals surface area contributed by atoms with Gasteiger partial charge in [0.1, 0.15) is 6.61 Å². The van der Waals surface area contributed by atoms with Crippen molar-refractivity contribution in [2.24, 2.45) is 0 Å². The number of para-hydroxylation sites is 1. The van der Waals surface area contributed by atoms with Gasteiger partial charge in [-0.2, -0.15) is 0 Å². The second-order valence-corrected chi connectivity index (χ2v) is 4.70. The van der Waals surface area contributed by atoms with Crippen molar-refractivity contribution in [3.63, 3.8) is 0 Å². The van der Waals surface area contributed by atoms with E-state index in [4.69, 9.17) is 4.84 Å². The van der Waals surface area contributed by atoms with E-state index in [0.29, 0.717) is 5.69 Å². The lowest BCUT2D eigenvalue weighted by molar-refractivity contribution is 0.0772. The normalized spacial score (nSPS) is 10.4. The SMILES string of the molecule is O=c1ccn(-c2ccccc2)c(=O)n1OCc1ccccc1. The monoisotopic (exact) mass is 294 g/mol. The topological polar surface area (TPSA) is 53.2 Å². The number of rotatable bonds is 4. The predicted octanol–water partition coefficient (Wildman–Crippen LogP) is 1.63. The van der Waals surface area contributed by atoms with Gasteiger partial charge in [0.05, 0.1) is 5.69 Å². The third-order valence-electron chi connectivity index (χ3n) is 3.18. The molecule has 0 fully saturated rings. The summed E-state index contributed by atoms with van der Waals surface area (Å²) >= 11 is 0. The second kappa shape index (κ2) is 6.13. The molecule has 5 nitrogen and oxygen atoms in total. The molecule has 3 rings (SSSR count). The molecule has 0 aliphatic rings. The number of benzene rings is 2. The van der Waals surface area contributed by atoms with E-state index in [-0.39, 0.29) is 6.61 Å².